The van der Waals surface area contributed by atoms with Crippen molar-refractivity contribution in [3.8, 4) is 57.1 Å². The third-order valence-electron chi connectivity index (χ3n) is 18.0. The minimum Gasteiger partial charge on any atom is -0.508 e. The molecule has 556 valence electrons. The SMILES string of the molecule is CNC(=O)C1NC(=O)C2NC(=O)[C@H](CC(N)=O)NC(=O)[C@H](NC(=O)[C@@H](CC(C)C)NC)[C@H](O)c3ccc(c(Cl)c3)Oc3cc2cc(c3OC2OC(CO)C(O)C(O)C2OC2CC(C)(N)C(O)C(C)O2)Oc2ccc(cc2Cl)[C@@H](O)C(C)C(=O)N[C@H](C(=O)O)c2cc(O)cc(O)c2-c2cc1ccc2O. The molecular formula is C68H81Cl2N9O24. The molecule has 2 saturated heterocycles. The summed E-state index contributed by atoms with van der Waals surface area (Å²) in [5, 5.41) is 131. The van der Waals surface area contributed by atoms with Gasteiger partial charge in [-0.2, -0.15) is 0 Å². The number of carbonyl (C=O) groups is 8. The van der Waals surface area contributed by atoms with Crippen molar-refractivity contribution < 1.29 is 118 Å². The Morgan fingerprint density at radius 2 is 1.33 bits per heavy atom. The van der Waals surface area contributed by atoms with E-state index in [1.807, 2.05) is 13.8 Å². The number of halogens is 2. The number of carboxylic acid groups (broad SMARTS) is 1. The van der Waals surface area contributed by atoms with Crippen LogP contribution in [0.15, 0.2) is 78.9 Å². The van der Waals surface area contributed by atoms with Crippen molar-refractivity contribution in [2.45, 2.75) is 157 Å². The average Bonchev–Trinajstić information content (AvgIpc) is 0.772. The molecule has 5 aromatic rings. The monoisotopic (exact) mass is 1480 g/mol. The Labute approximate surface area is 598 Å². The lowest BCUT2D eigenvalue weighted by molar-refractivity contribution is -0.333. The summed E-state index contributed by atoms with van der Waals surface area (Å²) in [6.45, 7) is 6.88. The van der Waals surface area contributed by atoms with Gasteiger partial charge in [-0.1, -0.05) is 62.2 Å². The van der Waals surface area contributed by atoms with Crippen LogP contribution in [0.25, 0.3) is 11.1 Å². The van der Waals surface area contributed by atoms with Gasteiger partial charge in [0.15, 0.2) is 29.9 Å². The van der Waals surface area contributed by atoms with Gasteiger partial charge in [0.1, 0.15) is 77.3 Å². The van der Waals surface area contributed by atoms with Crippen LogP contribution in [0.1, 0.15) is 112 Å². The molecule has 0 spiro atoms. The highest BCUT2D eigenvalue weighted by Crippen LogP contribution is 2.50. The van der Waals surface area contributed by atoms with Crippen molar-refractivity contribution in [3.05, 3.63) is 117 Å². The van der Waals surface area contributed by atoms with Crippen molar-refractivity contribution in [1.82, 2.24) is 37.2 Å². The average molecular weight is 1480 g/mol. The number of carbonyl (C=O) groups excluding carboxylic acids is 7. The second kappa shape index (κ2) is 32.2. The summed E-state index contributed by atoms with van der Waals surface area (Å²) < 4.78 is 38.4. The van der Waals surface area contributed by atoms with Gasteiger partial charge in [0.2, 0.25) is 53.4 Å². The number of amides is 7. The number of ether oxygens (including phenoxy) is 6. The number of aliphatic hydroxyl groups excluding tert-OH is 6. The molecule has 5 aromatic carbocycles. The predicted molar refractivity (Wildman–Crippen MR) is 361 cm³/mol. The molecule has 18 atom stereocenters. The first-order valence-electron chi connectivity index (χ1n) is 32.4. The lowest BCUT2D eigenvalue weighted by Gasteiger charge is -2.47. The van der Waals surface area contributed by atoms with Gasteiger partial charge >= 0.3 is 5.97 Å². The number of aromatic hydroxyl groups is 3. The first kappa shape index (κ1) is 77.9. The quantitative estimate of drug-likeness (QED) is 0.0737. The van der Waals surface area contributed by atoms with Crippen molar-refractivity contribution in [1.29, 1.82) is 0 Å². The molecule has 6 heterocycles. The fourth-order valence-corrected chi connectivity index (χ4v) is 12.8. The third kappa shape index (κ3) is 17.2. The summed E-state index contributed by atoms with van der Waals surface area (Å²) in [7, 11) is 2.63. The van der Waals surface area contributed by atoms with Crippen LogP contribution in [0.4, 0.5) is 0 Å². The molecule has 0 aliphatic carbocycles. The molecule has 12 unspecified atom stereocenters. The number of benzene rings is 5. The number of carboxylic acids is 1. The molecule has 103 heavy (non-hydrogen) atoms. The van der Waals surface area contributed by atoms with Gasteiger partial charge in [0.05, 0.1) is 53.3 Å². The van der Waals surface area contributed by atoms with Crippen molar-refractivity contribution >= 4 is 70.5 Å². The number of nitrogens with one attached hydrogen (secondary N) is 7. The summed E-state index contributed by atoms with van der Waals surface area (Å²) in [5.41, 5.74) is 8.25. The van der Waals surface area contributed by atoms with E-state index in [0.717, 1.165) is 67.7 Å². The second-order valence-corrected chi connectivity index (χ2v) is 26.9. The van der Waals surface area contributed by atoms with Crippen molar-refractivity contribution in [3.63, 3.8) is 0 Å². The first-order chi connectivity index (χ1) is 48.5. The number of fused-ring (bicyclic) bond motifs is 16. The smallest absolute Gasteiger partial charge is 0.330 e. The number of rotatable bonds is 14. The van der Waals surface area contributed by atoms with E-state index < -0.39 is 226 Å². The van der Waals surface area contributed by atoms with E-state index in [4.69, 9.17) is 63.1 Å². The number of hydrogen-bond donors (Lipinski definition) is 19. The number of primary amides is 1. The third-order valence-corrected chi connectivity index (χ3v) is 18.6. The zero-order valence-corrected chi connectivity index (χ0v) is 57.8. The van der Waals surface area contributed by atoms with Crippen molar-refractivity contribution in [2.24, 2.45) is 23.3 Å². The van der Waals surface area contributed by atoms with Crippen LogP contribution in [-0.2, 0) is 52.6 Å². The minimum absolute atomic E-state index is 0.0937. The summed E-state index contributed by atoms with van der Waals surface area (Å²) in [4.78, 5) is 115. The zero-order chi connectivity index (χ0) is 75.5. The van der Waals surface area contributed by atoms with Gasteiger partial charge in [0.25, 0.3) is 0 Å². The maximum absolute atomic E-state index is 15.9. The fraction of sp³-hybridized carbons (Fsp3) is 0.441. The van der Waals surface area contributed by atoms with Crippen LogP contribution in [0.5, 0.6) is 46.0 Å². The van der Waals surface area contributed by atoms with E-state index in [1.165, 1.54) is 46.0 Å². The van der Waals surface area contributed by atoms with Crippen LogP contribution in [0.2, 0.25) is 10.0 Å². The Morgan fingerprint density at radius 3 is 1.89 bits per heavy atom. The Balaban J connectivity index is 1.34. The van der Waals surface area contributed by atoms with Crippen LogP contribution < -0.4 is 62.9 Å². The maximum Gasteiger partial charge on any atom is 0.330 e. The van der Waals surface area contributed by atoms with Gasteiger partial charge in [-0.05, 0) is 110 Å². The van der Waals surface area contributed by atoms with Crippen LogP contribution >= 0.6 is 23.2 Å². The number of aliphatic hydroxyl groups is 6. The number of phenols is 3. The van der Waals surface area contributed by atoms with Crippen LogP contribution in [0.3, 0.4) is 0 Å². The first-order valence-corrected chi connectivity index (χ1v) is 33.2. The molecule has 35 heteroatoms. The highest BCUT2D eigenvalue weighted by atomic mass is 35.5. The molecule has 0 radical (unpaired) electrons. The van der Waals surface area contributed by atoms with Crippen molar-refractivity contribution in [2.75, 3.05) is 20.7 Å². The number of nitrogens with two attached hydrogens (primary N) is 2. The molecule has 6 aliphatic heterocycles. The Kier molecular flexibility index (Phi) is 24.4. The molecule has 21 N–H and O–H groups in total. The van der Waals surface area contributed by atoms with Gasteiger partial charge in [-0.3, -0.25) is 33.6 Å². The normalized spacial score (nSPS) is 28.7. The predicted octanol–water partition coefficient (Wildman–Crippen LogP) is 0.990. The number of likely N-dealkylation sites (N-methyl/N-ethyl adjacent to an activating group) is 2. The molecular weight excluding hydrogens is 1400 g/mol. The van der Waals surface area contributed by atoms with E-state index in [0.29, 0.717) is 0 Å². The van der Waals surface area contributed by atoms with Gasteiger partial charge in [0, 0.05) is 41.8 Å². The molecule has 0 saturated carbocycles. The van der Waals surface area contributed by atoms with Crippen LogP contribution in [0, 0.1) is 11.8 Å². The Hall–Kier alpha value is -9.20. The fourth-order valence-electron chi connectivity index (χ4n) is 12.4. The lowest BCUT2D eigenvalue weighted by atomic mass is 9.86. The van der Waals surface area contributed by atoms with E-state index in [1.54, 1.807) is 0 Å². The Morgan fingerprint density at radius 1 is 0.718 bits per heavy atom. The van der Waals surface area contributed by atoms with E-state index in [9.17, 15) is 79.8 Å². The van der Waals surface area contributed by atoms with E-state index in [2.05, 4.69) is 37.2 Å². The Bertz CT molecular complexity index is 4080. The summed E-state index contributed by atoms with van der Waals surface area (Å²) in [5.74, 6) is -16.7. The second-order valence-electron chi connectivity index (χ2n) is 26.1. The largest absolute Gasteiger partial charge is 0.508 e. The summed E-state index contributed by atoms with van der Waals surface area (Å²) in [6, 6.07) is 2.23. The number of hydrogen-bond acceptors (Lipinski definition) is 25. The minimum atomic E-state index is -2.30. The molecule has 33 nitrogen and oxygen atoms in total. The highest BCUT2D eigenvalue weighted by Gasteiger charge is 2.51. The van der Waals surface area contributed by atoms with Gasteiger partial charge < -0.3 is 128 Å². The van der Waals surface area contributed by atoms with Crippen LogP contribution in [-0.4, -0.2) is 192 Å². The van der Waals surface area contributed by atoms with Gasteiger partial charge in [-0.25, -0.2) is 4.79 Å². The molecule has 0 aromatic heterocycles. The molecule has 11 rings (SSSR count). The van der Waals surface area contributed by atoms with E-state index in [-0.39, 0.29) is 57.0 Å². The molecule has 2 fully saturated rings. The lowest BCUT2D eigenvalue weighted by Crippen LogP contribution is -2.64. The zero-order valence-electron chi connectivity index (χ0n) is 56.3. The molecule has 9 bridgehead atoms. The maximum atomic E-state index is 15.9. The van der Waals surface area contributed by atoms with E-state index >= 15 is 9.59 Å². The topological polar surface area (TPSA) is 530 Å². The highest BCUT2D eigenvalue weighted by molar-refractivity contribution is 6.32. The summed E-state index contributed by atoms with van der Waals surface area (Å²) in [6.07, 6.45) is -18.2. The molecule has 7 amide bonds. The number of aliphatic carboxylic acids is 1. The molecule has 6 aliphatic rings. The number of phenolic OH excluding ortho intramolecular Hbond substituents is 3. The standard InChI is InChI=1S/C68H81Cl2N9O24/c1-25(2)14-37(73-6)61(91)79-52-54(86)30-10-13-42(36(70)17-30)100-44-19-31-18-43(57(44)103-67-58(56(88)55(87)45(24-80)101-67)102-47-23-68(5,72)59(89)27(4)98-47)99-41-12-9-29(16-35(41)69)53(85)26(3)60(90)78-51(66(96)97)34-20-32(81)21-40(83)48(34)33-15-28(8-11-39(33)82)49(63(93)74-7)77-64(94)50(31)76-62(92)38(22-46(71)84)75-65(52)95/h8-13,15-21,25-27,37-38,45,47,49-56,58-59,67,73,80-83,85-89H,14,22-24,72H2,1-7H3,(H2,71,84)(H,74,93)(H,75,95)(H,76,92)(H,77,94)(H,78,90)(H,79,91)(H,96,97)/t26?,27?,37-,38+,45?,47?,49?,50?,51+,52-,53+,54-,55?,56?,58?,59?,67?,68?/m1/s1. The summed E-state index contributed by atoms with van der Waals surface area (Å²) >= 11 is 14.1. The van der Waals surface area contributed by atoms with Gasteiger partial charge in [-0.15, -0.1) is 0 Å².